The molecule has 1 aliphatic rings. The molecule has 4 nitrogen and oxygen atoms in total. The van der Waals surface area contributed by atoms with Crippen LogP contribution in [0.2, 0.25) is 0 Å². The van der Waals surface area contributed by atoms with Crippen LogP contribution in [-0.2, 0) is 15.0 Å². The van der Waals surface area contributed by atoms with Gasteiger partial charge in [0.2, 0.25) is 5.91 Å². The van der Waals surface area contributed by atoms with E-state index in [1.165, 1.54) is 0 Å². The van der Waals surface area contributed by atoms with E-state index in [1.54, 1.807) is 0 Å². The molecule has 0 radical (unpaired) electrons. The lowest BCUT2D eigenvalue weighted by atomic mass is 9.78. The van der Waals surface area contributed by atoms with Crippen LogP contribution in [0.1, 0.15) is 52.0 Å². The standard InChI is InChI=1S/C18H25NO3/c1-18(2,3)14-10-6-7-11-15(14)19-16(20)12-8-4-5-9-13(12)17(21)22/h6-7,10-13H,4-5,8-9H2,1-3H3,(H,19,20)(H,21,22). The van der Waals surface area contributed by atoms with E-state index >= 15 is 0 Å². The average Bonchev–Trinajstić information content (AvgIpc) is 2.46. The highest BCUT2D eigenvalue weighted by atomic mass is 16.4. The maximum atomic E-state index is 12.6. The van der Waals surface area contributed by atoms with Crippen molar-refractivity contribution < 1.29 is 14.7 Å². The van der Waals surface area contributed by atoms with E-state index in [0.29, 0.717) is 12.8 Å². The lowest BCUT2D eigenvalue weighted by Gasteiger charge is -2.29. The van der Waals surface area contributed by atoms with Crippen molar-refractivity contribution in [2.75, 3.05) is 5.32 Å². The molecule has 2 atom stereocenters. The topological polar surface area (TPSA) is 66.4 Å². The molecule has 1 amide bonds. The smallest absolute Gasteiger partial charge is 0.307 e. The first-order valence-corrected chi connectivity index (χ1v) is 7.94. The van der Waals surface area contributed by atoms with Crippen molar-refractivity contribution in [3.8, 4) is 0 Å². The van der Waals surface area contributed by atoms with E-state index in [0.717, 1.165) is 24.1 Å². The van der Waals surface area contributed by atoms with Gasteiger partial charge in [0.05, 0.1) is 11.8 Å². The highest BCUT2D eigenvalue weighted by Crippen LogP contribution is 2.33. The van der Waals surface area contributed by atoms with Crippen LogP contribution in [0.25, 0.3) is 0 Å². The Morgan fingerprint density at radius 2 is 1.68 bits per heavy atom. The van der Waals surface area contributed by atoms with Crippen LogP contribution in [0.5, 0.6) is 0 Å². The second-order valence-corrected chi connectivity index (χ2v) is 7.12. The molecule has 1 aromatic rings. The predicted octanol–water partition coefficient (Wildman–Crippen LogP) is 3.81. The maximum absolute atomic E-state index is 12.6. The van der Waals surface area contributed by atoms with Crippen LogP contribution >= 0.6 is 0 Å². The molecule has 120 valence electrons. The molecule has 4 heteroatoms. The molecule has 2 unspecified atom stereocenters. The van der Waals surface area contributed by atoms with Crippen molar-refractivity contribution in [1.29, 1.82) is 0 Å². The Bertz CT molecular complexity index is 560. The van der Waals surface area contributed by atoms with Gasteiger partial charge in [-0.15, -0.1) is 0 Å². The minimum atomic E-state index is -0.857. The monoisotopic (exact) mass is 303 g/mol. The molecule has 1 aliphatic carbocycles. The summed E-state index contributed by atoms with van der Waals surface area (Å²) in [7, 11) is 0. The second-order valence-electron chi connectivity index (χ2n) is 7.12. The van der Waals surface area contributed by atoms with Crippen molar-refractivity contribution in [3.63, 3.8) is 0 Å². The van der Waals surface area contributed by atoms with E-state index in [4.69, 9.17) is 0 Å². The molecule has 1 saturated carbocycles. The average molecular weight is 303 g/mol. The van der Waals surface area contributed by atoms with Gasteiger partial charge < -0.3 is 10.4 Å². The summed E-state index contributed by atoms with van der Waals surface area (Å²) in [6.07, 6.45) is 3.05. The summed E-state index contributed by atoms with van der Waals surface area (Å²) in [5, 5.41) is 12.3. The van der Waals surface area contributed by atoms with E-state index in [2.05, 4.69) is 26.1 Å². The summed E-state index contributed by atoms with van der Waals surface area (Å²) in [5.41, 5.74) is 1.77. The van der Waals surface area contributed by atoms with E-state index in [-0.39, 0.29) is 11.3 Å². The molecule has 0 heterocycles. The van der Waals surface area contributed by atoms with Gasteiger partial charge >= 0.3 is 5.97 Å². The normalized spacial score (nSPS) is 22.1. The summed E-state index contributed by atoms with van der Waals surface area (Å²) in [4.78, 5) is 24.0. The first-order chi connectivity index (χ1) is 10.3. The number of amides is 1. The molecule has 22 heavy (non-hydrogen) atoms. The zero-order chi connectivity index (χ0) is 16.3. The lowest BCUT2D eigenvalue weighted by molar-refractivity contribution is -0.147. The Kier molecular flexibility index (Phi) is 4.89. The van der Waals surface area contributed by atoms with Crippen molar-refractivity contribution in [3.05, 3.63) is 29.8 Å². The third-order valence-corrected chi connectivity index (χ3v) is 4.41. The van der Waals surface area contributed by atoms with Crippen LogP contribution in [0.4, 0.5) is 5.69 Å². The van der Waals surface area contributed by atoms with Gasteiger partial charge in [0, 0.05) is 5.69 Å². The quantitative estimate of drug-likeness (QED) is 0.892. The number of carboxylic acids is 1. The molecule has 0 aliphatic heterocycles. The summed E-state index contributed by atoms with van der Waals surface area (Å²) in [6.45, 7) is 6.29. The van der Waals surface area contributed by atoms with Crippen LogP contribution in [0.3, 0.4) is 0 Å². The second kappa shape index (κ2) is 6.51. The van der Waals surface area contributed by atoms with Gasteiger partial charge in [0.25, 0.3) is 0 Å². The van der Waals surface area contributed by atoms with E-state index in [1.807, 2.05) is 24.3 Å². The number of anilines is 1. The Morgan fingerprint density at radius 1 is 1.09 bits per heavy atom. The third kappa shape index (κ3) is 3.67. The molecule has 2 N–H and O–H groups in total. The van der Waals surface area contributed by atoms with Crippen molar-refractivity contribution >= 4 is 17.6 Å². The summed E-state index contributed by atoms with van der Waals surface area (Å²) in [6, 6.07) is 7.74. The molecule has 2 rings (SSSR count). The molecular formula is C18H25NO3. The minimum Gasteiger partial charge on any atom is -0.481 e. The molecule has 0 saturated heterocycles. The van der Waals surface area contributed by atoms with Gasteiger partial charge in [-0.25, -0.2) is 0 Å². The SMILES string of the molecule is CC(C)(C)c1ccccc1NC(=O)C1CCCCC1C(=O)O. The third-order valence-electron chi connectivity index (χ3n) is 4.41. The van der Waals surface area contributed by atoms with E-state index < -0.39 is 17.8 Å². The van der Waals surface area contributed by atoms with Gasteiger partial charge in [-0.2, -0.15) is 0 Å². The van der Waals surface area contributed by atoms with Crippen molar-refractivity contribution in [2.24, 2.45) is 11.8 Å². The number of benzene rings is 1. The highest BCUT2D eigenvalue weighted by molar-refractivity contribution is 5.96. The fraction of sp³-hybridized carbons (Fsp3) is 0.556. The number of carbonyl (C=O) groups is 2. The predicted molar refractivity (Wildman–Crippen MR) is 86.9 cm³/mol. The molecular weight excluding hydrogens is 278 g/mol. The van der Waals surface area contributed by atoms with Gasteiger partial charge in [0.15, 0.2) is 0 Å². The summed E-state index contributed by atoms with van der Waals surface area (Å²) >= 11 is 0. The van der Waals surface area contributed by atoms with Crippen LogP contribution in [-0.4, -0.2) is 17.0 Å². The highest BCUT2D eigenvalue weighted by Gasteiger charge is 2.36. The Labute approximate surface area is 131 Å². The molecule has 1 aromatic carbocycles. The number of aliphatic carboxylic acids is 1. The van der Waals surface area contributed by atoms with Gasteiger partial charge in [-0.1, -0.05) is 51.8 Å². The van der Waals surface area contributed by atoms with Gasteiger partial charge in [0.1, 0.15) is 0 Å². The molecule has 1 fully saturated rings. The van der Waals surface area contributed by atoms with Crippen LogP contribution in [0, 0.1) is 11.8 Å². The van der Waals surface area contributed by atoms with Gasteiger partial charge in [-0.3, -0.25) is 9.59 Å². The fourth-order valence-corrected chi connectivity index (χ4v) is 3.21. The van der Waals surface area contributed by atoms with Crippen molar-refractivity contribution in [1.82, 2.24) is 0 Å². The van der Waals surface area contributed by atoms with Gasteiger partial charge in [-0.05, 0) is 29.9 Å². The minimum absolute atomic E-state index is 0.0807. The summed E-state index contributed by atoms with van der Waals surface area (Å²) in [5.74, 6) is -2.01. The summed E-state index contributed by atoms with van der Waals surface area (Å²) < 4.78 is 0. The largest absolute Gasteiger partial charge is 0.481 e. The zero-order valence-corrected chi connectivity index (χ0v) is 13.6. The zero-order valence-electron chi connectivity index (χ0n) is 13.6. The number of hydrogen-bond donors (Lipinski definition) is 2. The first kappa shape index (κ1) is 16.5. The molecule has 0 aromatic heterocycles. The number of rotatable bonds is 3. The number of carboxylic acid groups (broad SMARTS) is 1. The Morgan fingerprint density at radius 3 is 2.27 bits per heavy atom. The molecule has 0 spiro atoms. The van der Waals surface area contributed by atoms with Crippen LogP contribution < -0.4 is 5.32 Å². The number of hydrogen-bond acceptors (Lipinski definition) is 2. The Hall–Kier alpha value is -1.84. The number of carbonyl (C=O) groups excluding carboxylic acids is 1. The fourth-order valence-electron chi connectivity index (χ4n) is 3.21. The Balaban J connectivity index is 2.20. The lowest BCUT2D eigenvalue weighted by Crippen LogP contribution is -2.36. The maximum Gasteiger partial charge on any atom is 0.307 e. The molecule has 0 bridgehead atoms. The number of nitrogens with one attached hydrogen (secondary N) is 1. The first-order valence-electron chi connectivity index (χ1n) is 7.94. The number of para-hydroxylation sites is 1. The van der Waals surface area contributed by atoms with Crippen LogP contribution in [0.15, 0.2) is 24.3 Å². The van der Waals surface area contributed by atoms with Crippen molar-refractivity contribution in [2.45, 2.75) is 51.9 Å². The van der Waals surface area contributed by atoms with E-state index in [9.17, 15) is 14.7 Å².